The van der Waals surface area contributed by atoms with Crippen molar-refractivity contribution in [2.45, 2.75) is 116 Å². The number of nitrogens with one attached hydrogen (secondary N) is 6. The van der Waals surface area contributed by atoms with Crippen LogP contribution in [0.1, 0.15) is 101 Å². The van der Waals surface area contributed by atoms with Gasteiger partial charge in [-0.15, -0.1) is 0 Å². The summed E-state index contributed by atoms with van der Waals surface area (Å²) in [6.07, 6.45) is 2.07. The van der Waals surface area contributed by atoms with E-state index in [2.05, 4.69) is 41.9 Å². The van der Waals surface area contributed by atoms with E-state index in [9.17, 15) is 67.7 Å². The van der Waals surface area contributed by atoms with Gasteiger partial charge in [-0.05, 0) is 88.5 Å². The van der Waals surface area contributed by atoms with Gasteiger partial charge < -0.3 is 71.5 Å². The van der Waals surface area contributed by atoms with Gasteiger partial charge in [0.05, 0.1) is 37.2 Å². The van der Waals surface area contributed by atoms with Gasteiger partial charge in [-0.2, -0.15) is 0 Å². The summed E-state index contributed by atoms with van der Waals surface area (Å²) in [4.78, 5) is 187. The van der Waals surface area contributed by atoms with E-state index in [1.165, 1.54) is 45.8 Å². The number of fused-ring (bicyclic) bond motifs is 4. The lowest BCUT2D eigenvalue weighted by molar-refractivity contribution is -0.147. The lowest BCUT2D eigenvalue weighted by Gasteiger charge is -2.38. The Morgan fingerprint density at radius 3 is 1.26 bits per heavy atom. The van der Waals surface area contributed by atoms with Crippen molar-refractivity contribution in [2.24, 2.45) is 11.8 Å². The third-order valence-electron chi connectivity index (χ3n) is 16.4. The lowest BCUT2D eigenvalue weighted by atomic mass is 9.99. The number of hydrogen-bond acceptors (Lipinski definition) is 16. The van der Waals surface area contributed by atoms with Crippen LogP contribution in [0.4, 0.5) is 0 Å². The molecule has 3 aliphatic rings. The first-order chi connectivity index (χ1) is 42.8. The van der Waals surface area contributed by atoms with Crippen LogP contribution in [-0.2, 0) is 47.9 Å². The molecule has 484 valence electrons. The van der Waals surface area contributed by atoms with Crippen molar-refractivity contribution in [1.82, 2.24) is 71.3 Å². The van der Waals surface area contributed by atoms with Crippen LogP contribution >= 0.6 is 0 Å². The average molecular weight is 1250 g/mol. The molecule has 3 saturated heterocycles. The molecule has 0 saturated carbocycles. The van der Waals surface area contributed by atoms with Crippen LogP contribution in [-0.4, -0.2) is 236 Å². The van der Waals surface area contributed by atoms with Crippen LogP contribution in [0.15, 0.2) is 60.7 Å². The Balaban J connectivity index is 1.19. The van der Waals surface area contributed by atoms with Gasteiger partial charge in [0, 0.05) is 64.1 Å². The number of nitrogens with zero attached hydrogens (tertiary/aromatic N) is 8. The number of aromatic nitrogens is 2. The number of amides is 12. The number of rotatable bonds is 8. The van der Waals surface area contributed by atoms with Crippen LogP contribution in [0.3, 0.4) is 0 Å². The molecule has 4 aromatic rings. The summed E-state index contributed by atoms with van der Waals surface area (Å²) in [6.45, 7) is 6.31. The minimum Gasteiger partial charge on any atom is -0.505 e. The molecular formula is C62H82N14O14. The van der Waals surface area contributed by atoms with E-state index in [1.54, 1.807) is 90.1 Å². The van der Waals surface area contributed by atoms with Gasteiger partial charge in [0.15, 0.2) is 11.4 Å². The van der Waals surface area contributed by atoms with Gasteiger partial charge in [0.1, 0.15) is 47.8 Å². The first-order valence-electron chi connectivity index (χ1n) is 30.4. The Morgan fingerprint density at radius 1 is 0.533 bits per heavy atom. The summed E-state index contributed by atoms with van der Waals surface area (Å²) in [7, 11) is 2.64. The summed E-state index contributed by atoms with van der Waals surface area (Å²) in [6, 6.07) is 7.99. The molecule has 0 bridgehead atoms. The van der Waals surface area contributed by atoms with Crippen LogP contribution in [0.2, 0.25) is 0 Å². The second kappa shape index (κ2) is 30.6. The second-order valence-electron chi connectivity index (χ2n) is 23.4. The Bertz CT molecular complexity index is 3180. The molecule has 6 atom stereocenters. The van der Waals surface area contributed by atoms with E-state index in [4.69, 9.17) is 0 Å². The van der Waals surface area contributed by atoms with Crippen LogP contribution < -0.4 is 31.9 Å². The van der Waals surface area contributed by atoms with Crippen molar-refractivity contribution in [2.75, 3.05) is 79.5 Å². The number of para-hydroxylation sites is 2. The predicted molar refractivity (Wildman–Crippen MR) is 327 cm³/mol. The van der Waals surface area contributed by atoms with Crippen LogP contribution in [0, 0.1) is 11.8 Å². The highest BCUT2D eigenvalue weighted by molar-refractivity contribution is 6.03. The first-order valence-corrected chi connectivity index (χ1v) is 30.4. The third-order valence-corrected chi connectivity index (χ3v) is 16.4. The SMILES string of the molecule is CCN1C(=O)CN(C)C(=O)CNC(=O)[C@@H]2CCCCN2C(=O)[C@H](NC(=O)c2nc3ccccc3cc2O)CNC(=O)[C@H](C(C)C)N(CC)C(=O)CN(C)C(=O)CNC(=O)[C@@H]2CCCCN2C(=O)[C@H](NC(=O)c2nc3ccccc3cc2O)CNC(=O)[C@@H]1C(C)C. The maximum absolute atomic E-state index is 14.9. The van der Waals surface area contributed by atoms with Crippen molar-refractivity contribution < 1.29 is 67.7 Å². The number of benzene rings is 2. The fourth-order valence-electron chi connectivity index (χ4n) is 11.6. The largest absolute Gasteiger partial charge is 0.505 e. The summed E-state index contributed by atoms with van der Waals surface area (Å²) in [5.41, 5.74) is -0.174. The maximum Gasteiger partial charge on any atom is 0.274 e. The smallest absolute Gasteiger partial charge is 0.274 e. The van der Waals surface area contributed by atoms with E-state index >= 15 is 0 Å². The second-order valence-corrected chi connectivity index (χ2v) is 23.4. The number of likely N-dealkylation sites (N-methyl/N-ethyl adjacent to an activating group) is 4. The highest BCUT2D eigenvalue weighted by Crippen LogP contribution is 2.26. The van der Waals surface area contributed by atoms with Crippen LogP contribution in [0.5, 0.6) is 11.5 Å². The van der Waals surface area contributed by atoms with Crippen LogP contribution in [0.25, 0.3) is 21.8 Å². The van der Waals surface area contributed by atoms with Gasteiger partial charge in [-0.3, -0.25) is 57.5 Å². The standard InChI is InChI=1S/C62H82N14O14/c1-9-73-49(81)33-71(7)47(79)31-65-55(83)43-23-16-18-26-76(43)62(90)42(70-58(86)52-46(78)28-38-20-12-14-22-40(38)68-52)30-64-60(88)54(36(5)6)74(10-2)50(82)34-72(8)48(80)32-66-56(84)44-24-15-17-25-75(44)61(89)41(29-63-59(87)53(73)35(3)4)69-57(85)51-45(77)27-37-19-11-13-21-39(37)67-51/h11-14,19-22,27-28,35-36,41-44,53-54,77-78H,9-10,15-18,23-26,29-34H2,1-8H3,(H,63,87)(H,64,88)(H,65,83)(H,66,84)(H,69,85)(H,70,86)/t41-,42-,43+,44+,53+,54+/m1/s1. The molecule has 0 spiro atoms. The van der Waals surface area contributed by atoms with Gasteiger partial charge >= 0.3 is 0 Å². The number of carbonyl (C=O) groups is 12. The van der Waals surface area contributed by atoms with Crippen molar-refractivity contribution in [3.8, 4) is 11.5 Å². The zero-order chi connectivity index (χ0) is 65.7. The molecule has 8 N–H and O–H groups in total. The molecule has 90 heavy (non-hydrogen) atoms. The summed E-state index contributed by atoms with van der Waals surface area (Å²) < 4.78 is 0. The Labute approximate surface area is 521 Å². The van der Waals surface area contributed by atoms with E-state index in [1.807, 2.05) is 0 Å². The minimum atomic E-state index is -1.61. The molecule has 28 nitrogen and oxygen atoms in total. The number of carbonyl (C=O) groups excluding carboxylic acids is 12. The third kappa shape index (κ3) is 16.2. The maximum atomic E-state index is 14.9. The average Bonchev–Trinajstić information content (AvgIpc) is 1.19. The summed E-state index contributed by atoms with van der Waals surface area (Å²) in [5, 5.41) is 38.8. The number of hydrogen-bond donors (Lipinski definition) is 8. The van der Waals surface area contributed by atoms with Gasteiger partial charge in [0.25, 0.3) is 11.8 Å². The molecule has 0 radical (unpaired) electrons. The first kappa shape index (κ1) is 68.0. The number of aromatic hydroxyl groups is 2. The number of piperidine rings is 2. The normalized spacial score (nSPS) is 22.7. The highest BCUT2D eigenvalue weighted by Gasteiger charge is 2.42. The topological polar surface area (TPSA) is 363 Å². The Kier molecular flexibility index (Phi) is 23.1. The lowest BCUT2D eigenvalue weighted by Crippen LogP contribution is -2.62. The Hall–Kier alpha value is -9.50. The van der Waals surface area contributed by atoms with E-state index in [-0.39, 0.29) is 39.0 Å². The molecule has 3 fully saturated rings. The van der Waals surface area contributed by atoms with Crippen molar-refractivity contribution in [1.29, 1.82) is 0 Å². The van der Waals surface area contributed by atoms with E-state index in [0.29, 0.717) is 47.5 Å². The number of pyridine rings is 2. The van der Waals surface area contributed by atoms with Gasteiger partial charge in [-0.25, -0.2) is 9.97 Å². The Morgan fingerprint density at radius 2 is 0.900 bits per heavy atom. The van der Waals surface area contributed by atoms with Gasteiger partial charge in [-0.1, -0.05) is 64.1 Å². The van der Waals surface area contributed by atoms with E-state index in [0.717, 1.165) is 9.80 Å². The molecule has 2 aromatic heterocycles. The predicted octanol–water partition coefficient (Wildman–Crippen LogP) is -0.00520. The van der Waals surface area contributed by atoms with Gasteiger partial charge in [0.2, 0.25) is 59.1 Å². The molecular weight excluding hydrogens is 1160 g/mol. The molecule has 5 heterocycles. The fourth-order valence-corrected chi connectivity index (χ4v) is 11.6. The van der Waals surface area contributed by atoms with Crippen molar-refractivity contribution in [3.05, 3.63) is 72.1 Å². The molecule has 0 aliphatic carbocycles. The molecule has 28 heteroatoms. The molecule has 7 rings (SSSR count). The summed E-state index contributed by atoms with van der Waals surface area (Å²) >= 11 is 0. The molecule has 12 amide bonds. The molecule has 0 unspecified atom stereocenters. The zero-order valence-corrected chi connectivity index (χ0v) is 52.1. The highest BCUT2D eigenvalue weighted by atomic mass is 16.3. The summed E-state index contributed by atoms with van der Waals surface area (Å²) in [5.74, 6) is -11.6. The zero-order valence-electron chi connectivity index (χ0n) is 52.1. The fraction of sp³-hybridized carbons (Fsp3) is 0.516. The van der Waals surface area contributed by atoms with Crippen molar-refractivity contribution in [3.63, 3.8) is 0 Å². The quantitative estimate of drug-likeness (QED) is 0.115. The van der Waals surface area contributed by atoms with E-state index < -0.39 is 181 Å². The molecule has 3 aliphatic heterocycles. The monoisotopic (exact) mass is 1250 g/mol. The van der Waals surface area contributed by atoms with Crippen molar-refractivity contribution >= 4 is 92.7 Å². The minimum absolute atomic E-state index is 0.0111. The molecule has 2 aromatic carbocycles.